The predicted octanol–water partition coefficient (Wildman–Crippen LogP) is 7.04. The van der Waals surface area contributed by atoms with E-state index in [1.54, 1.807) is 0 Å². The van der Waals surface area contributed by atoms with Crippen LogP contribution in [0.1, 0.15) is 22.3 Å². The van der Waals surface area contributed by atoms with E-state index in [2.05, 4.69) is 105 Å². The van der Waals surface area contributed by atoms with Gasteiger partial charge in [0.05, 0.1) is 5.41 Å². The highest BCUT2D eigenvalue weighted by molar-refractivity contribution is 9.10. The third-order valence-electron chi connectivity index (χ3n) is 5.77. The van der Waals surface area contributed by atoms with Crippen molar-refractivity contribution in [3.05, 3.63) is 104 Å². The highest BCUT2D eigenvalue weighted by Crippen LogP contribution is 2.64. The second kappa shape index (κ2) is 4.63. The molecule has 4 aromatic rings. The lowest BCUT2D eigenvalue weighted by molar-refractivity contribution is 0.744. The fourth-order valence-corrected chi connectivity index (χ4v) is 5.62. The maximum absolute atomic E-state index is 3.70. The van der Waals surface area contributed by atoms with Crippen molar-refractivity contribution in [2.75, 3.05) is 0 Å². The molecule has 1 spiro atoms. The van der Waals surface area contributed by atoms with Crippen LogP contribution in [0.25, 0.3) is 21.9 Å². The zero-order valence-electron chi connectivity index (χ0n) is 13.2. The van der Waals surface area contributed by atoms with Gasteiger partial charge >= 0.3 is 0 Å². The van der Waals surface area contributed by atoms with Crippen LogP contribution in [0.4, 0.5) is 0 Å². The van der Waals surface area contributed by atoms with Crippen molar-refractivity contribution >= 4 is 42.6 Å². The second-order valence-corrected chi connectivity index (χ2v) is 8.67. The molecule has 6 rings (SSSR count). The molecule has 0 radical (unpaired) electrons. The lowest BCUT2D eigenvalue weighted by Crippen LogP contribution is -2.36. The van der Waals surface area contributed by atoms with Crippen LogP contribution in [-0.2, 0) is 5.41 Å². The molecule has 2 aliphatic rings. The van der Waals surface area contributed by atoms with Gasteiger partial charge in [-0.25, -0.2) is 0 Å². The SMILES string of the molecule is Brc1ccc2c(c1)C1(c3cc(Br)ccc3-2)c2cccc3cccc1c23. The quantitative estimate of drug-likeness (QED) is 0.234. The van der Waals surface area contributed by atoms with E-state index in [1.165, 1.54) is 44.2 Å². The molecule has 118 valence electrons. The number of hydrogen-bond acceptors (Lipinski definition) is 0. The van der Waals surface area contributed by atoms with Gasteiger partial charge in [-0.3, -0.25) is 0 Å². The summed E-state index contributed by atoms with van der Waals surface area (Å²) in [6.07, 6.45) is 0. The lowest BCUT2D eigenvalue weighted by atomic mass is 9.58. The number of fused-ring (bicyclic) bond motifs is 7. The standard InChI is InChI=1S/C23H12Br2/c24-14-7-9-16-17-10-8-15(25)12-21(17)23(20(16)11-14)18-5-1-3-13-4-2-6-19(23)22(13)18/h1-12H. The van der Waals surface area contributed by atoms with Crippen LogP contribution < -0.4 is 0 Å². The molecule has 0 nitrogen and oxygen atoms in total. The Balaban J connectivity index is 1.84. The van der Waals surface area contributed by atoms with Crippen LogP contribution in [0.15, 0.2) is 81.7 Å². The molecule has 0 aromatic heterocycles. The summed E-state index contributed by atoms with van der Waals surface area (Å²) in [5.41, 5.74) is 8.18. The summed E-state index contributed by atoms with van der Waals surface area (Å²) in [6.45, 7) is 0. The van der Waals surface area contributed by atoms with E-state index in [1.807, 2.05) is 0 Å². The highest BCUT2D eigenvalue weighted by Gasteiger charge is 2.53. The largest absolute Gasteiger partial charge is 0.0726 e. The minimum atomic E-state index is -0.145. The van der Waals surface area contributed by atoms with Gasteiger partial charge in [-0.15, -0.1) is 0 Å². The molecule has 0 aliphatic heterocycles. The van der Waals surface area contributed by atoms with Crippen molar-refractivity contribution in [1.82, 2.24) is 0 Å². The molecule has 25 heavy (non-hydrogen) atoms. The molecule has 0 unspecified atom stereocenters. The Morgan fingerprint density at radius 2 is 1.08 bits per heavy atom. The summed E-state index contributed by atoms with van der Waals surface area (Å²) in [5.74, 6) is 0. The number of hydrogen-bond donors (Lipinski definition) is 0. The minimum absolute atomic E-state index is 0.145. The summed E-state index contributed by atoms with van der Waals surface area (Å²) in [4.78, 5) is 0. The number of rotatable bonds is 0. The van der Waals surface area contributed by atoms with E-state index in [0.717, 1.165) is 8.95 Å². The van der Waals surface area contributed by atoms with Crippen LogP contribution in [0.5, 0.6) is 0 Å². The average Bonchev–Trinajstić information content (AvgIpc) is 2.91. The zero-order valence-corrected chi connectivity index (χ0v) is 16.4. The molecule has 0 saturated heterocycles. The van der Waals surface area contributed by atoms with Crippen molar-refractivity contribution in [1.29, 1.82) is 0 Å². The summed E-state index contributed by atoms with van der Waals surface area (Å²) >= 11 is 7.39. The Morgan fingerprint density at radius 3 is 1.60 bits per heavy atom. The van der Waals surface area contributed by atoms with Crippen LogP contribution >= 0.6 is 31.9 Å². The summed E-state index contributed by atoms with van der Waals surface area (Å²) in [7, 11) is 0. The van der Waals surface area contributed by atoms with E-state index in [9.17, 15) is 0 Å². The average molecular weight is 448 g/mol. The van der Waals surface area contributed by atoms with E-state index in [4.69, 9.17) is 0 Å². The van der Waals surface area contributed by atoms with Gasteiger partial charge < -0.3 is 0 Å². The van der Waals surface area contributed by atoms with Crippen molar-refractivity contribution in [3.8, 4) is 11.1 Å². The molecule has 0 atom stereocenters. The Bertz CT molecular complexity index is 1130. The molecule has 0 saturated carbocycles. The Kier molecular flexibility index (Phi) is 2.65. The Morgan fingerprint density at radius 1 is 0.560 bits per heavy atom. The molecule has 4 aromatic carbocycles. The van der Waals surface area contributed by atoms with Crippen molar-refractivity contribution in [2.45, 2.75) is 5.41 Å². The first-order valence-electron chi connectivity index (χ1n) is 8.34. The van der Waals surface area contributed by atoms with Gasteiger partial charge in [-0.2, -0.15) is 0 Å². The van der Waals surface area contributed by atoms with E-state index >= 15 is 0 Å². The topological polar surface area (TPSA) is 0 Å². The maximum Gasteiger partial charge on any atom is 0.0726 e. The van der Waals surface area contributed by atoms with Gasteiger partial charge in [-0.1, -0.05) is 80.4 Å². The lowest BCUT2D eigenvalue weighted by Gasteiger charge is -2.43. The van der Waals surface area contributed by atoms with E-state index in [-0.39, 0.29) is 5.41 Å². The second-order valence-electron chi connectivity index (χ2n) is 6.84. The smallest absolute Gasteiger partial charge is 0.0613 e. The van der Waals surface area contributed by atoms with Gasteiger partial charge in [0.1, 0.15) is 0 Å². The Labute approximate surface area is 162 Å². The van der Waals surface area contributed by atoms with Crippen LogP contribution in [0.3, 0.4) is 0 Å². The first-order chi connectivity index (χ1) is 12.2. The molecule has 0 amide bonds. The monoisotopic (exact) mass is 446 g/mol. The zero-order chi connectivity index (χ0) is 16.8. The van der Waals surface area contributed by atoms with Crippen LogP contribution in [0.2, 0.25) is 0 Å². The van der Waals surface area contributed by atoms with Gasteiger partial charge in [0.15, 0.2) is 0 Å². The van der Waals surface area contributed by atoms with Crippen molar-refractivity contribution in [2.24, 2.45) is 0 Å². The van der Waals surface area contributed by atoms with Gasteiger partial charge in [0.25, 0.3) is 0 Å². The van der Waals surface area contributed by atoms with Gasteiger partial charge in [0.2, 0.25) is 0 Å². The molecule has 2 aliphatic carbocycles. The molecule has 0 N–H and O–H groups in total. The molecule has 0 heterocycles. The van der Waals surface area contributed by atoms with Crippen molar-refractivity contribution in [3.63, 3.8) is 0 Å². The summed E-state index contributed by atoms with van der Waals surface area (Å²) in [5, 5.41) is 2.75. The molecule has 0 fully saturated rings. The minimum Gasteiger partial charge on any atom is -0.0613 e. The van der Waals surface area contributed by atoms with Crippen LogP contribution in [-0.4, -0.2) is 0 Å². The molecular weight excluding hydrogens is 436 g/mol. The number of halogens is 2. The van der Waals surface area contributed by atoms with Gasteiger partial charge in [-0.05, 0) is 68.4 Å². The fourth-order valence-electron chi connectivity index (χ4n) is 4.90. The summed E-state index contributed by atoms with van der Waals surface area (Å²) in [6, 6.07) is 26.8. The predicted molar refractivity (Wildman–Crippen MR) is 110 cm³/mol. The first kappa shape index (κ1) is 14.3. The normalized spacial score (nSPS) is 15.1. The van der Waals surface area contributed by atoms with Crippen LogP contribution in [0, 0.1) is 0 Å². The number of benzene rings is 4. The first-order valence-corrected chi connectivity index (χ1v) is 9.93. The van der Waals surface area contributed by atoms with Crippen molar-refractivity contribution < 1.29 is 0 Å². The highest BCUT2D eigenvalue weighted by atomic mass is 79.9. The van der Waals surface area contributed by atoms with Gasteiger partial charge in [0, 0.05) is 8.95 Å². The third kappa shape index (κ3) is 1.54. The molecular formula is C23H12Br2. The maximum atomic E-state index is 3.70. The Hall–Kier alpha value is -1.90. The molecule has 2 heteroatoms. The van der Waals surface area contributed by atoms with E-state index in [0.29, 0.717) is 0 Å². The van der Waals surface area contributed by atoms with E-state index < -0.39 is 0 Å². The summed E-state index contributed by atoms with van der Waals surface area (Å²) < 4.78 is 2.27. The third-order valence-corrected chi connectivity index (χ3v) is 6.76. The molecule has 0 bridgehead atoms. The fraction of sp³-hybridized carbons (Fsp3) is 0.0435.